The van der Waals surface area contributed by atoms with Crippen molar-refractivity contribution in [3.63, 3.8) is 0 Å². The Labute approximate surface area is 222 Å². The Balaban J connectivity index is 1.57. The van der Waals surface area contributed by atoms with Crippen LogP contribution in [0.15, 0.2) is 65.1 Å². The van der Waals surface area contributed by atoms with E-state index in [9.17, 15) is 0 Å². The summed E-state index contributed by atoms with van der Waals surface area (Å²) in [5.74, 6) is 2.58. The van der Waals surface area contributed by atoms with E-state index in [0.717, 1.165) is 21.2 Å². The zero-order chi connectivity index (χ0) is 24.8. The Bertz CT molecular complexity index is 1380. The summed E-state index contributed by atoms with van der Waals surface area (Å²) in [6, 6.07) is 19.1. The van der Waals surface area contributed by atoms with Crippen LogP contribution in [0.2, 0.25) is 5.02 Å². The molecule has 2 N–H and O–H groups in total. The van der Waals surface area contributed by atoms with E-state index in [1.165, 1.54) is 0 Å². The zero-order valence-electron chi connectivity index (χ0n) is 19.2. The van der Waals surface area contributed by atoms with E-state index in [4.69, 9.17) is 38.0 Å². The molecular weight excluding hydrogens is 552 g/mol. The molecule has 0 bridgehead atoms. The molecule has 1 heterocycles. The summed E-state index contributed by atoms with van der Waals surface area (Å²) in [6.07, 6.45) is 0. The molecule has 0 aliphatic rings. The number of para-hydroxylation sites is 1. The van der Waals surface area contributed by atoms with Gasteiger partial charge in [-0.3, -0.25) is 0 Å². The van der Waals surface area contributed by atoms with Crippen molar-refractivity contribution in [2.45, 2.75) is 20.1 Å². The molecule has 0 atom stereocenters. The number of aromatic nitrogens is 3. The summed E-state index contributed by atoms with van der Waals surface area (Å²) < 4.78 is 20.4. The molecule has 0 saturated carbocycles. The van der Waals surface area contributed by atoms with E-state index < -0.39 is 0 Å². The van der Waals surface area contributed by atoms with Gasteiger partial charge in [-0.25, -0.2) is 9.77 Å². The van der Waals surface area contributed by atoms with Crippen molar-refractivity contribution >= 4 is 39.7 Å². The lowest BCUT2D eigenvalue weighted by atomic mass is 10.2. The van der Waals surface area contributed by atoms with Crippen molar-refractivity contribution in [3.05, 3.63) is 86.1 Å². The Kier molecular flexibility index (Phi) is 8.33. The first kappa shape index (κ1) is 25.1. The quantitative estimate of drug-likeness (QED) is 0.204. The van der Waals surface area contributed by atoms with Crippen LogP contribution in [-0.4, -0.2) is 28.6 Å². The molecule has 0 aliphatic heterocycles. The number of halogens is 2. The molecule has 182 valence electrons. The van der Waals surface area contributed by atoms with Crippen LogP contribution in [-0.2, 0) is 13.2 Å². The number of aromatic amines is 1. The van der Waals surface area contributed by atoms with Crippen LogP contribution in [0.4, 0.5) is 0 Å². The molecule has 0 saturated heterocycles. The third-order valence-electron chi connectivity index (χ3n) is 5.20. The number of rotatable bonds is 10. The number of hydrogen-bond acceptors (Lipinski definition) is 6. The molecule has 0 aliphatic carbocycles. The third-order valence-corrected chi connectivity index (χ3v) is 6.58. The fraction of sp³-hybridized carbons (Fsp3) is 0.200. The number of nitrogens with one attached hydrogen (secondary N) is 2. The summed E-state index contributed by atoms with van der Waals surface area (Å²) in [4.78, 5) is 0. The second-order valence-corrected chi connectivity index (χ2v) is 9.07. The monoisotopic (exact) mass is 574 g/mol. The normalized spacial score (nSPS) is 10.7. The highest BCUT2D eigenvalue weighted by Gasteiger charge is 2.16. The molecule has 0 amide bonds. The van der Waals surface area contributed by atoms with Gasteiger partial charge in [0.05, 0.1) is 25.8 Å². The lowest BCUT2D eigenvalue weighted by Crippen LogP contribution is -2.16. The Morgan fingerprint density at radius 2 is 1.77 bits per heavy atom. The van der Waals surface area contributed by atoms with E-state index >= 15 is 0 Å². The molecule has 4 aromatic rings. The summed E-state index contributed by atoms with van der Waals surface area (Å²) in [5.41, 5.74) is 6.01. The molecule has 7 nitrogen and oxygen atoms in total. The van der Waals surface area contributed by atoms with Crippen LogP contribution >= 0.6 is 39.7 Å². The van der Waals surface area contributed by atoms with E-state index in [0.29, 0.717) is 52.6 Å². The Hall–Kier alpha value is -3.01. The minimum atomic E-state index is 0.330. The fourth-order valence-electron chi connectivity index (χ4n) is 3.48. The van der Waals surface area contributed by atoms with Gasteiger partial charge in [-0.05, 0) is 55.0 Å². The number of methoxy groups -OCH3 is 1. The van der Waals surface area contributed by atoms with Crippen LogP contribution in [0.5, 0.6) is 17.2 Å². The largest absolute Gasteiger partial charge is 0.496 e. The van der Waals surface area contributed by atoms with Gasteiger partial charge < -0.3 is 19.6 Å². The highest BCUT2D eigenvalue weighted by Crippen LogP contribution is 2.35. The third kappa shape index (κ3) is 5.80. The number of H-pyrrole nitrogens is 1. The van der Waals surface area contributed by atoms with Crippen molar-refractivity contribution in [1.29, 1.82) is 0 Å². The van der Waals surface area contributed by atoms with E-state index in [-0.39, 0.29) is 0 Å². The van der Waals surface area contributed by atoms with Gasteiger partial charge in [-0.2, -0.15) is 5.10 Å². The molecule has 0 radical (unpaired) electrons. The maximum atomic E-state index is 6.27. The van der Waals surface area contributed by atoms with Gasteiger partial charge in [0.2, 0.25) is 4.77 Å². The van der Waals surface area contributed by atoms with Gasteiger partial charge in [0.25, 0.3) is 0 Å². The molecule has 1 aromatic heterocycles. The van der Waals surface area contributed by atoms with E-state index in [1.54, 1.807) is 11.8 Å². The first-order valence-corrected chi connectivity index (χ1v) is 12.5. The molecule has 4 rings (SSSR count). The van der Waals surface area contributed by atoms with Crippen molar-refractivity contribution < 1.29 is 14.2 Å². The van der Waals surface area contributed by atoms with Crippen LogP contribution in [0.3, 0.4) is 0 Å². The molecule has 35 heavy (non-hydrogen) atoms. The second-order valence-electron chi connectivity index (χ2n) is 7.43. The van der Waals surface area contributed by atoms with Gasteiger partial charge in [0, 0.05) is 15.1 Å². The predicted octanol–water partition coefficient (Wildman–Crippen LogP) is 6.75. The van der Waals surface area contributed by atoms with Crippen LogP contribution in [0.1, 0.15) is 18.1 Å². The maximum Gasteiger partial charge on any atom is 0.214 e. The molecular formula is C25H24BrClN4O3S. The fourth-order valence-corrected chi connectivity index (χ4v) is 4.33. The highest BCUT2D eigenvalue weighted by atomic mass is 79.9. The summed E-state index contributed by atoms with van der Waals surface area (Å²) in [6.45, 7) is 3.21. The number of ether oxygens (including phenoxy) is 3. The van der Waals surface area contributed by atoms with Crippen molar-refractivity contribution in [2.24, 2.45) is 0 Å². The van der Waals surface area contributed by atoms with Crippen LogP contribution in [0.25, 0.3) is 11.4 Å². The number of nitrogens with zero attached hydrogens (tertiary/aromatic N) is 2. The van der Waals surface area contributed by atoms with E-state index in [2.05, 4.69) is 31.6 Å². The first-order chi connectivity index (χ1) is 17.0. The standard InChI is InChI=1S/C25H24BrClN4O3S/c1-3-33-22-12-17(19(26)13-23(22)34-15-16-8-4-6-10-20(16)27)14-28-31-24(29-30-25(31)35)18-9-5-7-11-21(18)32-2/h4-13,28H,3,14-15H2,1-2H3,(H,30,35). The Morgan fingerprint density at radius 3 is 2.54 bits per heavy atom. The van der Waals surface area contributed by atoms with Crippen molar-refractivity contribution in [2.75, 3.05) is 19.1 Å². The number of benzene rings is 3. The van der Waals surface area contributed by atoms with Crippen LogP contribution < -0.4 is 19.6 Å². The van der Waals surface area contributed by atoms with Crippen LogP contribution in [0, 0.1) is 4.77 Å². The molecule has 0 fully saturated rings. The van der Waals surface area contributed by atoms with Gasteiger partial charge in [0.15, 0.2) is 17.3 Å². The smallest absolute Gasteiger partial charge is 0.214 e. The second kappa shape index (κ2) is 11.6. The minimum absolute atomic E-state index is 0.330. The van der Waals surface area contributed by atoms with Gasteiger partial charge in [0.1, 0.15) is 12.4 Å². The van der Waals surface area contributed by atoms with Crippen molar-refractivity contribution in [3.8, 4) is 28.6 Å². The Morgan fingerprint density at radius 1 is 1.03 bits per heavy atom. The lowest BCUT2D eigenvalue weighted by Gasteiger charge is -2.17. The maximum absolute atomic E-state index is 6.27. The molecule has 0 spiro atoms. The first-order valence-electron chi connectivity index (χ1n) is 10.9. The molecule has 3 aromatic carbocycles. The number of hydrogen-bond donors (Lipinski definition) is 2. The average molecular weight is 576 g/mol. The highest BCUT2D eigenvalue weighted by molar-refractivity contribution is 9.10. The summed E-state index contributed by atoms with van der Waals surface area (Å²) >= 11 is 15.4. The summed E-state index contributed by atoms with van der Waals surface area (Å²) in [5, 5.41) is 7.89. The van der Waals surface area contributed by atoms with E-state index in [1.807, 2.05) is 67.6 Å². The van der Waals surface area contributed by atoms with Crippen molar-refractivity contribution in [1.82, 2.24) is 14.9 Å². The van der Waals surface area contributed by atoms with Gasteiger partial charge >= 0.3 is 0 Å². The summed E-state index contributed by atoms with van der Waals surface area (Å²) in [7, 11) is 1.62. The topological polar surface area (TPSA) is 73.3 Å². The van der Waals surface area contributed by atoms with Gasteiger partial charge in [-0.15, -0.1) is 0 Å². The van der Waals surface area contributed by atoms with Gasteiger partial charge in [-0.1, -0.05) is 57.9 Å². The predicted molar refractivity (Wildman–Crippen MR) is 144 cm³/mol. The SMILES string of the molecule is CCOc1cc(CNn2c(-c3ccccc3OC)n[nH]c2=S)c(Br)cc1OCc1ccccc1Cl. The lowest BCUT2D eigenvalue weighted by molar-refractivity contribution is 0.269. The molecule has 10 heteroatoms. The minimum Gasteiger partial charge on any atom is -0.496 e. The average Bonchev–Trinajstić information content (AvgIpc) is 3.24. The zero-order valence-corrected chi connectivity index (χ0v) is 22.3. The molecule has 0 unspecified atom stereocenters.